The highest BCUT2D eigenvalue weighted by atomic mass is 32.2. The van der Waals surface area contributed by atoms with Gasteiger partial charge in [0.2, 0.25) is 15.9 Å². The fraction of sp³-hybridized carbons (Fsp3) is 0.588. The van der Waals surface area contributed by atoms with Gasteiger partial charge in [-0.3, -0.25) is 4.79 Å². The maximum Gasteiger partial charge on any atom is 0.223 e. The Morgan fingerprint density at radius 2 is 1.83 bits per heavy atom. The van der Waals surface area contributed by atoms with Crippen LogP contribution in [0.3, 0.4) is 0 Å². The van der Waals surface area contributed by atoms with Gasteiger partial charge in [-0.15, -0.1) is 0 Å². The Kier molecular flexibility index (Phi) is 4.73. The van der Waals surface area contributed by atoms with Gasteiger partial charge >= 0.3 is 0 Å². The first-order valence-corrected chi connectivity index (χ1v) is 9.89. The number of sulfonamides is 1. The quantitative estimate of drug-likeness (QED) is 0.831. The van der Waals surface area contributed by atoms with E-state index < -0.39 is 10.0 Å². The summed E-state index contributed by atoms with van der Waals surface area (Å²) in [5, 5.41) is 3.04. The molecular weight excluding hydrogens is 312 g/mol. The van der Waals surface area contributed by atoms with Gasteiger partial charge in [-0.2, -0.15) is 0 Å². The Balaban J connectivity index is 1.51. The molecule has 3 unspecified atom stereocenters. The fourth-order valence-electron chi connectivity index (χ4n) is 3.93. The predicted molar refractivity (Wildman–Crippen MR) is 88.9 cm³/mol. The van der Waals surface area contributed by atoms with Crippen LogP contribution >= 0.6 is 0 Å². The molecule has 2 bridgehead atoms. The summed E-state index contributed by atoms with van der Waals surface area (Å²) < 4.78 is 25.3. The molecule has 1 aromatic rings. The van der Waals surface area contributed by atoms with Crippen molar-refractivity contribution in [3.05, 3.63) is 35.4 Å². The third-order valence-electron chi connectivity index (χ3n) is 5.23. The molecule has 2 fully saturated rings. The van der Waals surface area contributed by atoms with Crippen LogP contribution in [0.2, 0.25) is 0 Å². The highest BCUT2D eigenvalue weighted by Gasteiger charge is 2.42. The zero-order chi connectivity index (χ0) is 16.4. The molecule has 5 nitrogen and oxygen atoms in total. The molecule has 2 aliphatic carbocycles. The molecule has 3 rings (SSSR count). The molecule has 1 aromatic carbocycles. The maximum atomic E-state index is 12.3. The van der Waals surface area contributed by atoms with Gasteiger partial charge < -0.3 is 5.32 Å². The van der Waals surface area contributed by atoms with Crippen molar-refractivity contribution in [2.45, 2.75) is 38.0 Å². The van der Waals surface area contributed by atoms with Gasteiger partial charge in [0.05, 0.1) is 5.75 Å². The summed E-state index contributed by atoms with van der Waals surface area (Å²) in [5.74, 6) is 1.72. The second kappa shape index (κ2) is 6.61. The van der Waals surface area contributed by atoms with Crippen LogP contribution in [0, 0.1) is 17.8 Å². The SMILES string of the molecule is CNS(=O)(=O)Cc1ccc(CNC(=O)C2CC3CCC2C3)cc1. The average Bonchev–Trinajstić information content (AvgIpc) is 3.17. The summed E-state index contributed by atoms with van der Waals surface area (Å²) in [5.41, 5.74) is 1.73. The number of nitrogens with one attached hydrogen (secondary N) is 2. The zero-order valence-electron chi connectivity index (χ0n) is 13.4. The molecule has 6 heteroatoms. The first kappa shape index (κ1) is 16.5. The van der Waals surface area contributed by atoms with Crippen molar-refractivity contribution in [2.75, 3.05) is 7.05 Å². The molecular formula is C17H24N2O3S. The number of fused-ring (bicyclic) bond motifs is 2. The van der Waals surface area contributed by atoms with Gasteiger partial charge in [0.15, 0.2) is 0 Å². The molecule has 2 aliphatic rings. The number of hydrogen-bond donors (Lipinski definition) is 2. The first-order valence-electron chi connectivity index (χ1n) is 8.23. The topological polar surface area (TPSA) is 75.3 Å². The van der Waals surface area contributed by atoms with Crippen molar-refractivity contribution in [3.8, 4) is 0 Å². The summed E-state index contributed by atoms with van der Waals surface area (Å²) in [6.45, 7) is 0.506. The van der Waals surface area contributed by atoms with Crippen LogP contribution in [0.25, 0.3) is 0 Å². The van der Waals surface area contributed by atoms with Crippen LogP contribution in [0.1, 0.15) is 36.8 Å². The van der Waals surface area contributed by atoms with Crippen LogP contribution < -0.4 is 10.0 Å². The van der Waals surface area contributed by atoms with E-state index in [1.165, 1.54) is 26.3 Å². The first-order chi connectivity index (χ1) is 11.0. The molecule has 0 radical (unpaired) electrons. The molecule has 0 spiro atoms. The average molecular weight is 336 g/mol. The number of carbonyl (C=O) groups excluding carboxylic acids is 1. The van der Waals surface area contributed by atoms with E-state index in [0.717, 1.165) is 23.5 Å². The zero-order valence-corrected chi connectivity index (χ0v) is 14.2. The van der Waals surface area contributed by atoms with Gasteiger partial charge in [0.1, 0.15) is 0 Å². The number of hydrogen-bond acceptors (Lipinski definition) is 3. The van der Waals surface area contributed by atoms with E-state index in [-0.39, 0.29) is 17.6 Å². The van der Waals surface area contributed by atoms with Gasteiger partial charge in [0, 0.05) is 12.5 Å². The van der Waals surface area contributed by atoms with Crippen LogP contribution in [0.15, 0.2) is 24.3 Å². The fourth-order valence-corrected chi connectivity index (χ4v) is 4.71. The van der Waals surface area contributed by atoms with Gasteiger partial charge in [-0.1, -0.05) is 30.7 Å². The Labute approximate surface area is 137 Å². The molecule has 23 heavy (non-hydrogen) atoms. The largest absolute Gasteiger partial charge is 0.352 e. The van der Waals surface area contributed by atoms with Crippen LogP contribution in [-0.2, 0) is 27.1 Å². The lowest BCUT2D eigenvalue weighted by atomic mass is 9.88. The van der Waals surface area contributed by atoms with E-state index in [1.54, 1.807) is 12.1 Å². The standard InChI is InChI=1S/C17H24N2O3S/c1-18-23(21,22)11-13-4-2-12(3-5-13)10-19-17(20)16-9-14-6-7-15(16)8-14/h2-5,14-16,18H,6-11H2,1H3,(H,19,20). The second-order valence-electron chi connectivity index (χ2n) is 6.78. The number of rotatable bonds is 6. The highest BCUT2D eigenvalue weighted by Crippen LogP contribution is 2.48. The van der Waals surface area contributed by atoms with E-state index in [2.05, 4.69) is 10.0 Å². The Morgan fingerprint density at radius 1 is 1.13 bits per heavy atom. The number of amides is 1. The Hall–Kier alpha value is -1.40. The van der Waals surface area contributed by atoms with E-state index in [4.69, 9.17) is 0 Å². The number of carbonyl (C=O) groups is 1. The third kappa shape index (κ3) is 3.93. The van der Waals surface area contributed by atoms with Crippen LogP contribution in [0.4, 0.5) is 0 Å². The maximum absolute atomic E-state index is 12.3. The molecule has 2 saturated carbocycles. The molecule has 3 atom stereocenters. The van der Waals surface area contributed by atoms with Crippen molar-refractivity contribution in [3.63, 3.8) is 0 Å². The highest BCUT2D eigenvalue weighted by molar-refractivity contribution is 7.88. The molecule has 0 heterocycles. The van der Waals surface area contributed by atoms with Gasteiger partial charge in [0.25, 0.3) is 0 Å². The minimum atomic E-state index is -3.25. The molecule has 126 valence electrons. The van der Waals surface area contributed by atoms with Crippen LogP contribution in [-0.4, -0.2) is 21.4 Å². The van der Waals surface area contributed by atoms with Crippen molar-refractivity contribution in [1.29, 1.82) is 0 Å². The third-order valence-corrected chi connectivity index (χ3v) is 6.57. The van der Waals surface area contributed by atoms with Gasteiger partial charge in [-0.25, -0.2) is 13.1 Å². The summed E-state index contributed by atoms with van der Waals surface area (Å²) in [4.78, 5) is 12.3. The van der Waals surface area contributed by atoms with Crippen molar-refractivity contribution < 1.29 is 13.2 Å². The van der Waals surface area contributed by atoms with Crippen LogP contribution in [0.5, 0.6) is 0 Å². The smallest absolute Gasteiger partial charge is 0.223 e. The molecule has 1 amide bonds. The van der Waals surface area contributed by atoms with Crippen molar-refractivity contribution in [2.24, 2.45) is 17.8 Å². The monoisotopic (exact) mass is 336 g/mol. The predicted octanol–water partition coefficient (Wildman–Crippen LogP) is 1.79. The Bertz CT molecular complexity index is 670. The molecule has 0 aliphatic heterocycles. The van der Waals surface area contributed by atoms with Crippen molar-refractivity contribution in [1.82, 2.24) is 10.0 Å². The molecule has 0 aromatic heterocycles. The van der Waals surface area contributed by atoms with E-state index in [1.807, 2.05) is 12.1 Å². The molecule has 0 saturated heterocycles. The minimum Gasteiger partial charge on any atom is -0.352 e. The minimum absolute atomic E-state index is 0.0265. The summed E-state index contributed by atoms with van der Waals surface area (Å²) >= 11 is 0. The second-order valence-corrected chi connectivity index (χ2v) is 8.71. The summed E-state index contributed by atoms with van der Waals surface area (Å²) in [7, 11) is -1.84. The van der Waals surface area contributed by atoms with E-state index in [0.29, 0.717) is 12.5 Å². The normalized spacial score (nSPS) is 26.4. The lowest BCUT2D eigenvalue weighted by Crippen LogP contribution is -2.33. The van der Waals surface area contributed by atoms with E-state index >= 15 is 0 Å². The lowest BCUT2D eigenvalue weighted by molar-refractivity contribution is -0.126. The summed E-state index contributed by atoms with van der Waals surface area (Å²) in [6.07, 6.45) is 4.78. The molecule has 2 N–H and O–H groups in total. The number of benzene rings is 1. The van der Waals surface area contributed by atoms with E-state index in [9.17, 15) is 13.2 Å². The Morgan fingerprint density at radius 3 is 2.39 bits per heavy atom. The van der Waals surface area contributed by atoms with Gasteiger partial charge in [-0.05, 0) is 49.3 Å². The van der Waals surface area contributed by atoms with Crippen molar-refractivity contribution >= 4 is 15.9 Å². The lowest BCUT2D eigenvalue weighted by Gasteiger charge is -2.20. The summed E-state index contributed by atoms with van der Waals surface area (Å²) in [6, 6.07) is 7.35.